The summed E-state index contributed by atoms with van der Waals surface area (Å²) >= 11 is 0. The highest BCUT2D eigenvalue weighted by Crippen LogP contribution is 2.20. The molecule has 3 amide bonds. The fourth-order valence-electron chi connectivity index (χ4n) is 2.23. The minimum absolute atomic E-state index is 0.0356. The van der Waals surface area contributed by atoms with Crippen molar-refractivity contribution in [3.8, 4) is 0 Å². The van der Waals surface area contributed by atoms with E-state index < -0.39 is 5.97 Å². The van der Waals surface area contributed by atoms with Crippen LogP contribution in [0, 0.1) is 5.92 Å². The Labute approximate surface area is 118 Å². The van der Waals surface area contributed by atoms with E-state index >= 15 is 0 Å². The number of nitrogens with zero attached hydrogens (tertiary/aromatic N) is 1. The van der Waals surface area contributed by atoms with E-state index in [1.54, 1.807) is 4.90 Å². The first-order valence-electron chi connectivity index (χ1n) is 6.92. The van der Waals surface area contributed by atoms with E-state index in [1.165, 1.54) is 0 Å². The molecule has 0 spiro atoms. The molecule has 1 heterocycles. The van der Waals surface area contributed by atoms with Gasteiger partial charge in [0.15, 0.2) is 0 Å². The molecule has 0 aromatic heterocycles. The van der Waals surface area contributed by atoms with Gasteiger partial charge in [0, 0.05) is 25.6 Å². The normalized spacial score (nSPS) is 16.1. The van der Waals surface area contributed by atoms with Crippen LogP contribution in [0.4, 0.5) is 4.79 Å². The molecule has 0 aromatic carbocycles. The number of urea groups is 1. The van der Waals surface area contributed by atoms with Gasteiger partial charge in [0.2, 0.25) is 5.91 Å². The quantitative estimate of drug-likeness (QED) is 0.681. The van der Waals surface area contributed by atoms with Crippen LogP contribution in [0.5, 0.6) is 0 Å². The number of aliphatic carboxylic acids is 1. The van der Waals surface area contributed by atoms with E-state index in [4.69, 9.17) is 5.11 Å². The van der Waals surface area contributed by atoms with E-state index in [1.807, 2.05) is 13.8 Å². The van der Waals surface area contributed by atoms with Gasteiger partial charge < -0.3 is 20.6 Å². The third kappa shape index (κ3) is 5.90. The van der Waals surface area contributed by atoms with Crippen molar-refractivity contribution in [1.82, 2.24) is 15.5 Å². The number of hydrogen-bond donors (Lipinski definition) is 3. The second-order valence-electron chi connectivity index (χ2n) is 5.41. The fraction of sp³-hybridized carbons (Fsp3) is 0.769. The summed E-state index contributed by atoms with van der Waals surface area (Å²) in [5.41, 5.74) is 0. The summed E-state index contributed by atoms with van der Waals surface area (Å²) in [6.07, 6.45) is 1.54. The average Bonchev–Trinajstić information content (AvgIpc) is 2.35. The third-order valence-corrected chi connectivity index (χ3v) is 3.21. The summed E-state index contributed by atoms with van der Waals surface area (Å²) in [7, 11) is 0. The van der Waals surface area contributed by atoms with E-state index in [0.717, 1.165) is 0 Å². The number of rotatable bonds is 5. The highest BCUT2D eigenvalue weighted by molar-refractivity contribution is 5.84. The topological polar surface area (TPSA) is 98.7 Å². The summed E-state index contributed by atoms with van der Waals surface area (Å²) in [5.74, 6) is -0.867. The molecule has 3 N–H and O–H groups in total. The van der Waals surface area contributed by atoms with Gasteiger partial charge in [-0.3, -0.25) is 9.59 Å². The molecule has 114 valence electrons. The molecule has 0 saturated carbocycles. The van der Waals surface area contributed by atoms with Crippen LogP contribution in [-0.2, 0) is 9.59 Å². The third-order valence-electron chi connectivity index (χ3n) is 3.21. The Morgan fingerprint density at radius 2 is 1.85 bits per heavy atom. The van der Waals surface area contributed by atoms with Crippen LogP contribution < -0.4 is 10.6 Å². The van der Waals surface area contributed by atoms with Gasteiger partial charge in [0.05, 0.1) is 6.54 Å². The van der Waals surface area contributed by atoms with Gasteiger partial charge in [-0.15, -0.1) is 0 Å². The van der Waals surface area contributed by atoms with E-state index in [9.17, 15) is 14.4 Å². The molecule has 1 aliphatic heterocycles. The molecule has 1 fully saturated rings. The Kier molecular flexibility index (Phi) is 6.27. The van der Waals surface area contributed by atoms with Crippen LogP contribution in [-0.4, -0.2) is 53.6 Å². The molecular weight excluding hydrogens is 262 g/mol. The lowest BCUT2D eigenvalue weighted by atomic mass is 9.94. The Bertz CT molecular complexity index is 363. The summed E-state index contributed by atoms with van der Waals surface area (Å²) in [4.78, 5) is 35.5. The zero-order valence-corrected chi connectivity index (χ0v) is 12.0. The standard InChI is InChI=1S/C13H23N3O4/c1-9(2)15-11(17)8-14-13(20)16-5-3-10(4-6-16)7-12(18)19/h9-10H,3-8H2,1-2H3,(H,14,20)(H,15,17)(H,18,19). The van der Waals surface area contributed by atoms with Crippen LogP contribution in [0.25, 0.3) is 0 Å². The van der Waals surface area contributed by atoms with Crippen molar-refractivity contribution in [1.29, 1.82) is 0 Å². The number of amides is 3. The summed E-state index contributed by atoms with van der Waals surface area (Å²) < 4.78 is 0. The van der Waals surface area contributed by atoms with Gasteiger partial charge in [-0.1, -0.05) is 0 Å². The number of carbonyl (C=O) groups excluding carboxylic acids is 2. The predicted molar refractivity (Wildman–Crippen MR) is 73.2 cm³/mol. The zero-order valence-electron chi connectivity index (χ0n) is 12.0. The number of carboxylic acids is 1. The van der Waals surface area contributed by atoms with Gasteiger partial charge >= 0.3 is 12.0 Å². The Morgan fingerprint density at radius 1 is 1.25 bits per heavy atom. The smallest absolute Gasteiger partial charge is 0.317 e. The second kappa shape index (κ2) is 7.72. The fourth-order valence-corrected chi connectivity index (χ4v) is 2.23. The van der Waals surface area contributed by atoms with Crippen LogP contribution in [0.2, 0.25) is 0 Å². The molecule has 1 rings (SSSR count). The molecule has 0 atom stereocenters. The van der Waals surface area contributed by atoms with Crippen molar-refractivity contribution in [2.45, 2.75) is 39.2 Å². The number of carbonyl (C=O) groups is 3. The lowest BCUT2D eigenvalue weighted by molar-refractivity contribution is -0.138. The average molecular weight is 285 g/mol. The summed E-state index contributed by atoms with van der Waals surface area (Å²) in [6, 6.07) is -0.219. The first-order valence-corrected chi connectivity index (χ1v) is 6.92. The molecule has 0 unspecified atom stereocenters. The summed E-state index contributed by atoms with van der Waals surface area (Å²) in [6.45, 7) is 4.75. The molecule has 7 heteroatoms. The highest BCUT2D eigenvalue weighted by Gasteiger charge is 2.24. The monoisotopic (exact) mass is 285 g/mol. The van der Waals surface area contributed by atoms with Crippen molar-refractivity contribution >= 4 is 17.9 Å². The first kappa shape index (κ1) is 16.3. The van der Waals surface area contributed by atoms with Crippen molar-refractivity contribution in [3.63, 3.8) is 0 Å². The molecule has 1 saturated heterocycles. The largest absolute Gasteiger partial charge is 0.481 e. The highest BCUT2D eigenvalue weighted by atomic mass is 16.4. The molecule has 0 aromatic rings. The first-order chi connectivity index (χ1) is 9.38. The SMILES string of the molecule is CC(C)NC(=O)CNC(=O)N1CCC(CC(=O)O)CC1. The maximum Gasteiger partial charge on any atom is 0.317 e. The number of hydrogen-bond acceptors (Lipinski definition) is 3. The maximum absolute atomic E-state index is 11.8. The van der Waals surface area contributed by atoms with Crippen molar-refractivity contribution in [2.75, 3.05) is 19.6 Å². The number of likely N-dealkylation sites (tertiary alicyclic amines) is 1. The minimum Gasteiger partial charge on any atom is -0.481 e. The van der Waals surface area contributed by atoms with Crippen molar-refractivity contribution in [2.24, 2.45) is 5.92 Å². The lowest BCUT2D eigenvalue weighted by Gasteiger charge is -2.31. The van der Waals surface area contributed by atoms with E-state index in [0.29, 0.717) is 25.9 Å². The Hall–Kier alpha value is -1.79. The van der Waals surface area contributed by atoms with E-state index in [2.05, 4.69) is 10.6 Å². The molecular formula is C13H23N3O4. The Morgan fingerprint density at radius 3 is 2.35 bits per heavy atom. The van der Waals surface area contributed by atoms with Gasteiger partial charge in [0.1, 0.15) is 0 Å². The number of piperidine rings is 1. The molecule has 20 heavy (non-hydrogen) atoms. The molecule has 0 radical (unpaired) electrons. The molecule has 1 aliphatic rings. The maximum atomic E-state index is 11.8. The van der Waals surface area contributed by atoms with Crippen LogP contribution >= 0.6 is 0 Å². The van der Waals surface area contributed by atoms with Crippen LogP contribution in [0.1, 0.15) is 33.1 Å². The van der Waals surface area contributed by atoms with Gasteiger partial charge in [-0.05, 0) is 32.6 Å². The van der Waals surface area contributed by atoms with E-state index in [-0.39, 0.29) is 36.9 Å². The Balaban J connectivity index is 2.25. The van der Waals surface area contributed by atoms with Crippen LogP contribution in [0.3, 0.4) is 0 Å². The van der Waals surface area contributed by atoms with Crippen molar-refractivity contribution in [3.05, 3.63) is 0 Å². The van der Waals surface area contributed by atoms with Gasteiger partial charge in [-0.25, -0.2) is 4.79 Å². The zero-order chi connectivity index (χ0) is 15.1. The number of carboxylic acid groups (broad SMARTS) is 1. The van der Waals surface area contributed by atoms with Crippen molar-refractivity contribution < 1.29 is 19.5 Å². The van der Waals surface area contributed by atoms with Crippen LogP contribution in [0.15, 0.2) is 0 Å². The second-order valence-corrected chi connectivity index (χ2v) is 5.41. The number of nitrogens with one attached hydrogen (secondary N) is 2. The predicted octanol–water partition coefficient (Wildman–Crippen LogP) is 0.407. The van der Waals surface area contributed by atoms with Gasteiger partial charge in [0.25, 0.3) is 0 Å². The summed E-state index contributed by atoms with van der Waals surface area (Å²) in [5, 5.41) is 14.0. The molecule has 7 nitrogen and oxygen atoms in total. The van der Waals surface area contributed by atoms with Gasteiger partial charge in [-0.2, -0.15) is 0 Å². The molecule has 0 bridgehead atoms. The molecule has 0 aliphatic carbocycles. The minimum atomic E-state index is -0.793. The lowest BCUT2D eigenvalue weighted by Crippen LogP contribution is -2.48.